The molecule has 1 saturated carbocycles. The summed E-state index contributed by atoms with van der Waals surface area (Å²) < 4.78 is 0. The van der Waals surface area contributed by atoms with Crippen LogP contribution in [0.15, 0.2) is 24.3 Å². The first kappa shape index (κ1) is 18.4. The molecule has 0 spiro atoms. The number of carbonyl (C=O) groups excluding carboxylic acids is 3. The van der Waals surface area contributed by atoms with Crippen molar-refractivity contribution in [3.8, 4) is 0 Å². The SMILES string of the molecule is O=C(CNC(=O)C1CCCCC1)NNC(=O)c1ccc([N+](=O)[O-])cc1. The maximum absolute atomic E-state index is 11.9. The maximum atomic E-state index is 11.9. The summed E-state index contributed by atoms with van der Waals surface area (Å²) in [6.45, 7) is -0.226. The van der Waals surface area contributed by atoms with Gasteiger partial charge in [0.25, 0.3) is 17.5 Å². The summed E-state index contributed by atoms with van der Waals surface area (Å²) in [4.78, 5) is 45.4. The Labute approximate surface area is 144 Å². The van der Waals surface area contributed by atoms with E-state index in [1.54, 1.807) is 0 Å². The average Bonchev–Trinajstić information content (AvgIpc) is 2.64. The van der Waals surface area contributed by atoms with Gasteiger partial charge in [0.05, 0.1) is 11.5 Å². The molecule has 3 amide bonds. The lowest BCUT2D eigenvalue weighted by Gasteiger charge is -2.20. The van der Waals surface area contributed by atoms with E-state index in [0.717, 1.165) is 32.1 Å². The number of nitrogens with zero attached hydrogens (tertiary/aromatic N) is 1. The Bertz CT molecular complexity index is 653. The van der Waals surface area contributed by atoms with E-state index >= 15 is 0 Å². The average molecular weight is 348 g/mol. The van der Waals surface area contributed by atoms with Crippen LogP contribution in [-0.4, -0.2) is 29.2 Å². The fraction of sp³-hybridized carbons (Fsp3) is 0.438. The van der Waals surface area contributed by atoms with Crippen LogP contribution in [-0.2, 0) is 9.59 Å². The number of nitro benzene ring substituents is 1. The molecular weight excluding hydrogens is 328 g/mol. The molecule has 0 atom stereocenters. The second kappa shape index (κ2) is 8.76. The summed E-state index contributed by atoms with van der Waals surface area (Å²) >= 11 is 0. The molecule has 1 aromatic rings. The van der Waals surface area contributed by atoms with Gasteiger partial charge in [-0.3, -0.25) is 35.3 Å². The molecule has 3 N–H and O–H groups in total. The van der Waals surface area contributed by atoms with Crippen LogP contribution < -0.4 is 16.2 Å². The Hall–Kier alpha value is -2.97. The first-order valence-electron chi connectivity index (χ1n) is 8.08. The van der Waals surface area contributed by atoms with Crippen molar-refractivity contribution in [2.45, 2.75) is 32.1 Å². The summed E-state index contributed by atoms with van der Waals surface area (Å²) in [5, 5.41) is 13.1. The molecule has 0 aliphatic heterocycles. The Morgan fingerprint density at radius 2 is 1.68 bits per heavy atom. The van der Waals surface area contributed by atoms with Gasteiger partial charge in [-0.1, -0.05) is 19.3 Å². The number of non-ortho nitro benzene ring substituents is 1. The molecule has 1 aliphatic carbocycles. The fourth-order valence-electron chi connectivity index (χ4n) is 2.65. The van der Waals surface area contributed by atoms with Gasteiger partial charge in [-0.2, -0.15) is 0 Å². The first-order valence-corrected chi connectivity index (χ1v) is 8.08. The van der Waals surface area contributed by atoms with E-state index < -0.39 is 16.7 Å². The van der Waals surface area contributed by atoms with Gasteiger partial charge in [0.15, 0.2) is 0 Å². The molecule has 0 bridgehead atoms. The molecular formula is C16H20N4O5. The lowest BCUT2D eigenvalue weighted by molar-refractivity contribution is -0.384. The number of amides is 3. The minimum absolute atomic E-state index is 0.0451. The molecule has 0 aromatic heterocycles. The van der Waals surface area contributed by atoms with Gasteiger partial charge >= 0.3 is 0 Å². The zero-order valence-electron chi connectivity index (χ0n) is 13.6. The highest BCUT2D eigenvalue weighted by Gasteiger charge is 2.21. The standard InChI is InChI=1S/C16H20N4O5/c21-14(10-17-15(22)11-4-2-1-3-5-11)18-19-16(23)12-6-8-13(9-7-12)20(24)25/h6-9,11H,1-5,10H2,(H,17,22)(H,18,21)(H,19,23). The third kappa shape index (κ3) is 5.55. The third-order valence-corrected chi connectivity index (χ3v) is 4.05. The van der Waals surface area contributed by atoms with Gasteiger partial charge in [0, 0.05) is 23.6 Å². The molecule has 0 radical (unpaired) electrons. The molecule has 1 aliphatic rings. The Kier molecular flexibility index (Phi) is 6.44. The van der Waals surface area contributed by atoms with Crippen molar-refractivity contribution in [2.24, 2.45) is 5.92 Å². The van der Waals surface area contributed by atoms with Crippen LogP contribution >= 0.6 is 0 Å². The summed E-state index contributed by atoms with van der Waals surface area (Å²) in [6, 6.07) is 4.96. The zero-order valence-corrected chi connectivity index (χ0v) is 13.6. The highest BCUT2D eigenvalue weighted by molar-refractivity contribution is 5.96. The molecule has 9 heteroatoms. The normalized spacial score (nSPS) is 14.4. The van der Waals surface area contributed by atoms with Crippen LogP contribution in [0.5, 0.6) is 0 Å². The largest absolute Gasteiger partial charge is 0.347 e. The van der Waals surface area contributed by atoms with E-state index in [1.165, 1.54) is 24.3 Å². The van der Waals surface area contributed by atoms with Gasteiger partial charge in [0.2, 0.25) is 5.91 Å². The molecule has 1 aromatic carbocycles. The lowest BCUT2D eigenvalue weighted by atomic mass is 9.89. The quantitative estimate of drug-likeness (QED) is 0.541. The number of carbonyl (C=O) groups is 3. The van der Waals surface area contributed by atoms with Gasteiger partial charge in [-0.25, -0.2) is 0 Å². The van der Waals surface area contributed by atoms with Gasteiger partial charge in [-0.05, 0) is 25.0 Å². The van der Waals surface area contributed by atoms with Crippen LogP contribution in [0.25, 0.3) is 0 Å². The Morgan fingerprint density at radius 1 is 1.04 bits per heavy atom. The number of hydrazine groups is 1. The van der Waals surface area contributed by atoms with E-state index in [2.05, 4.69) is 16.2 Å². The van der Waals surface area contributed by atoms with Crippen molar-refractivity contribution in [3.63, 3.8) is 0 Å². The first-order chi connectivity index (χ1) is 12.0. The van der Waals surface area contributed by atoms with Crippen molar-refractivity contribution < 1.29 is 19.3 Å². The van der Waals surface area contributed by atoms with Crippen LogP contribution in [0.2, 0.25) is 0 Å². The minimum Gasteiger partial charge on any atom is -0.347 e. The molecule has 25 heavy (non-hydrogen) atoms. The van der Waals surface area contributed by atoms with E-state index in [9.17, 15) is 24.5 Å². The van der Waals surface area contributed by atoms with Crippen LogP contribution in [0, 0.1) is 16.0 Å². The number of hydrogen-bond acceptors (Lipinski definition) is 5. The van der Waals surface area contributed by atoms with Crippen molar-refractivity contribution in [3.05, 3.63) is 39.9 Å². The smallest absolute Gasteiger partial charge is 0.269 e. The summed E-state index contributed by atoms with van der Waals surface area (Å²) in [7, 11) is 0. The molecule has 9 nitrogen and oxygen atoms in total. The van der Waals surface area contributed by atoms with Crippen LogP contribution in [0.3, 0.4) is 0 Å². The molecule has 0 heterocycles. The third-order valence-electron chi connectivity index (χ3n) is 4.05. The highest BCUT2D eigenvalue weighted by Crippen LogP contribution is 2.23. The fourth-order valence-corrected chi connectivity index (χ4v) is 2.65. The van der Waals surface area contributed by atoms with Crippen molar-refractivity contribution in [2.75, 3.05) is 6.54 Å². The zero-order chi connectivity index (χ0) is 18.2. The minimum atomic E-state index is -0.609. The summed E-state index contributed by atoms with van der Waals surface area (Å²) in [5.41, 5.74) is 4.41. The maximum Gasteiger partial charge on any atom is 0.269 e. The monoisotopic (exact) mass is 348 g/mol. The van der Waals surface area contributed by atoms with E-state index in [-0.39, 0.29) is 29.6 Å². The number of benzene rings is 1. The van der Waals surface area contributed by atoms with Gasteiger partial charge in [-0.15, -0.1) is 0 Å². The predicted octanol–water partition coefficient (Wildman–Crippen LogP) is 1.05. The second-order valence-corrected chi connectivity index (χ2v) is 5.86. The van der Waals surface area contributed by atoms with Crippen LogP contribution in [0.4, 0.5) is 5.69 Å². The molecule has 1 fully saturated rings. The summed E-state index contributed by atoms with van der Waals surface area (Å²) in [6.07, 6.45) is 4.86. The number of rotatable bonds is 5. The topological polar surface area (TPSA) is 130 Å². The van der Waals surface area contributed by atoms with Crippen molar-refractivity contribution in [1.82, 2.24) is 16.2 Å². The van der Waals surface area contributed by atoms with Crippen LogP contribution in [0.1, 0.15) is 42.5 Å². The molecule has 0 unspecified atom stereocenters. The van der Waals surface area contributed by atoms with Gasteiger partial charge < -0.3 is 5.32 Å². The lowest BCUT2D eigenvalue weighted by Crippen LogP contribution is -2.47. The van der Waals surface area contributed by atoms with E-state index in [4.69, 9.17) is 0 Å². The summed E-state index contributed by atoms with van der Waals surface area (Å²) in [5.74, 6) is -1.35. The Morgan fingerprint density at radius 3 is 2.28 bits per heavy atom. The Balaban J connectivity index is 1.72. The van der Waals surface area contributed by atoms with Crippen molar-refractivity contribution >= 4 is 23.4 Å². The molecule has 134 valence electrons. The molecule has 0 saturated heterocycles. The second-order valence-electron chi connectivity index (χ2n) is 5.86. The molecule has 2 rings (SSSR count). The van der Waals surface area contributed by atoms with Gasteiger partial charge in [0.1, 0.15) is 0 Å². The number of nitro groups is 1. The predicted molar refractivity (Wildman–Crippen MR) is 88.3 cm³/mol. The number of hydrogen-bond donors (Lipinski definition) is 3. The van der Waals surface area contributed by atoms with E-state index in [0.29, 0.717) is 0 Å². The highest BCUT2D eigenvalue weighted by atomic mass is 16.6. The van der Waals surface area contributed by atoms with Crippen molar-refractivity contribution in [1.29, 1.82) is 0 Å². The number of nitrogens with one attached hydrogen (secondary N) is 3. The van der Waals surface area contributed by atoms with E-state index in [1.807, 2.05) is 0 Å².